The van der Waals surface area contributed by atoms with Crippen molar-refractivity contribution in [3.8, 4) is 0 Å². The first kappa shape index (κ1) is 13.5. The molecule has 0 aromatic heterocycles. The molecular formula is C13H18FNO2. The van der Waals surface area contributed by atoms with Crippen LogP contribution in [0.5, 0.6) is 0 Å². The molecule has 0 aliphatic rings. The van der Waals surface area contributed by atoms with Gasteiger partial charge in [0.1, 0.15) is 5.82 Å². The molecule has 3 nitrogen and oxygen atoms in total. The van der Waals surface area contributed by atoms with Crippen molar-refractivity contribution in [2.75, 3.05) is 11.9 Å². The normalized spacial score (nSPS) is 11.3. The molecule has 0 unspecified atom stereocenters. The summed E-state index contributed by atoms with van der Waals surface area (Å²) in [5.41, 5.74) is 0.543. The molecule has 17 heavy (non-hydrogen) atoms. The fourth-order valence-electron chi connectivity index (χ4n) is 1.38. The van der Waals surface area contributed by atoms with Crippen molar-refractivity contribution in [2.45, 2.75) is 27.2 Å². The van der Waals surface area contributed by atoms with E-state index in [4.69, 9.17) is 5.11 Å². The van der Waals surface area contributed by atoms with Gasteiger partial charge in [-0.1, -0.05) is 20.8 Å². The fourth-order valence-corrected chi connectivity index (χ4v) is 1.38. The molecule has 2 N–H and O–H groups in total. The highest BCUT2D eigenvalue weighted by Crippen LogP contribution is 2.19. The molecule has 0 aliphatic heterocycles. The molecule has 0 radical (unpaired) electrons. The molecule has 1 aromatic rings. The minimum Gasteiger partial charge on any atom is -0.478 e. The molecular weight excluding hydrogens is 221 g/mol. The summed E-state index contributed by atoms with van der Waals surface area (Å²) in [7, 11) is 0. The van der Waals surface area contributed by atoms with E-state index in [0.717, 1.165) is 13.0 Å². The highest BCUT2D eigenvalue weighted by Gasteiger charge is 2.12. The highest BCUT2D eigenvalue weighted by molar-refractivity contribution is 5.89. The average molecular weight is 239 g/mol. The summed E-state index contributed by atoms with van der Waals surface area (Å²) in [6.45, 7) is 7.11. The quantitative estimate of drug-likeness (QED) is 0.846. The minimum absolute atomic E-state index is 0.211. The molecule has 0 fully saturated rings. The summed E-state index contributed by atoms with van der Waals surface area (Å²) >= 11 is 0. The highest BCUT2D eigenvalue weighted by atomic mass is 19.1. The van der Waals surface area contributed by atoms with E-state index >= 15 is 0 Å². The fraction of sp³-hybridized carbons (Fsp3) is 0.462. The first-order valence-electron chi connectivity index (χ1n) is 5.56. The van der Waals surface area contributed by atoms with Gasteiger partial charge in [0, 0.05) is 12.2 Å². The molecule has 1 aromatic carbocycles. The smallest absolute Gasteiger partial charge is 0.338 e. The predicted molar refractivity (Wildman–Crippen MR) is 65.9 cm³/mol. The number of benzene rings is 1. The number of rotatable bonds is 4. The molecule has 0 saturated heterocycles. The Hall–Kier alpha value is -1.58. The predicted octanol–water partition coefficient (Wildman–Crippen LogP) is 3.37. The number of carboxylic acid groups (broad SMARTS) is 1. The van der Waals surface area contributed by atoms with Crippen LogP contribution in [-0.2, 0) is 0 Å². The number of nitrogens with one attached hydrogen (secondary N) is 1. The van der Waals surface area contributed by atoms with E-state index in [1.807, 2.05) is 0 Å². The summed E-state index contributed by atoms with van der Waals surface area (Å²) in [4.78, 5) is 10.7. The monoisotopic (exact) mass is 239 g/mol. The Morgan fingerprint density at radius 2 is 2.06 bits per heavy atom. The van der Waals surface area contributed by atoms with E-state index < -0.39 is 11.8 Å². The van der Waals surface area contributed by atoms with E-state index in [1.165, 1.54) is 12.1 Å². The van der Waals surface area contributed by atoms with Crippen molar-refractivity contribution in [3.05, 3.63) is 29.6 Å². The van der Waals surface area contributed by atoms with Gasteiger partial charge in [0.15, 0.2) is 0 Å². The summed E-state index contributed by atoms with van der Waals surface area (Å²) in [6, 6.07) is 4.04. The van der Waals surface area contributed by atoms with E-state index in [1.54, 1.807) is 6.07 Å². The lowest BCUT2D eigenvalue weighted by molar-refractivity contribution is 0.0692. The average Bonchev–Trinajstić information content (AvgIpc) is 2.18. The maximum Gasteiger partial charge on any atom is 0.338 e. The third-order valence-corrected chi connectivity index (χ3v) is 2.40. The lowest BCUT2D eigenvalue weighted by Gasteiger charge is -2.18. The second-order valence-corrected chi connectivity index (χ2v) is 5.24. The third-order valence-electron chi connectivity index (χ3n) is 2.40. The van der Waals surface area contributed by atoms with Crippen molar-refractivity contribution in [3.63, 3.8) is 0 Å². The van der Waals surface area contributed by atoms with Crippen molar-refractivity contribution in [1.29, 1.82) is 0 Å². The molecule has 0 heterocycles. The number of carboxylic acids is 1. The number of carbonyl (C=O) groups is 1. The standard InChI is InChI=1S/C13H18FNO2/c1-13(2,3)6-7-15-9-4-5-11(14)10(8-9)12(16)17/h4-5,8,15H,6-7H2,1-3H3,(H,16,17). The zero-order valence-corrected chi connectivity index (χ0v) is 10.4. The summed E-state index contributed by atoms with van der Waals surface area (Å²) in [5.74, 6) is -1.96. The van der Waals surface area contributed by atoms with Gasteiger partial charge < -0.3 is 10.4 Å². The van der Waals surface area contributed by atoms with Gasteiger partial charge in [-0.15, -0.1) is 0 Å². The molecule has 0 saturated carbocycles. The van der Waals surface area contributed by atoms with Crippen LogP contribution in [0.4, 0.5) is 10.1 Å². The third kappa shape index (κ3) is 4.43. The van der Waals surface area contributed by atoms with Crippen LogP contribution in [0, 0.1) is 11.2 Å². The van der Waals surface area contributed by atoms with E-state index in [0.29, 0.717) is 5.69 Å². The van der Waals surface area contributed by atoms with Crippen molar-refractivity contribution in [2.24, 2.45) is 5.41 Å². The summed E-state index contributed by atoms with van der Waals surface area (Å²) < 4.78 is 13.1. The Labute approximate surface area is 101 Å². The van der Waals surface area contributed by atoms with Gasteiger partial charge in [-0.25, -0.2) is 9.18 Å². The maximum absolute atomic E-state index is 13.1. The summed E-state index contributed by atoms with van der Waals surface area (Å²) in [5, 5.41) is 11.9. The van der Waals surface area contributed by atoms with Gasteiger partial charge in [0.05, 0.1) is 5.56 Å². The molecule has 0 aliphatic carbocycles. The second-order valence-electron chi connectivity index (χ2n) is 5.24. The molecule has 4 heteroatoms. The Bertz CT molecular complexity index is 410. The second kappa shape index (κ2) is 5.17. The lowest BCUT2D eigenvalue weighted by atomic mass is 9.92. The Morgan fingerprint density at radius 3 is 2.59 bits per heavy atom. The Kier molecular flexibility index (Phi) is 4.10. The van der Waals surface area contributed by atoms with Gasteiger partial charge in [-0.05, 0) is 30.0 Å². The van der Waals surface area contributed by atoms with Crippen LogP contribution in [0.25, 0.3) is 0 Å². The van der Waals surface area contributed by atoms with E-state index in [2.05, 4.69) is 26.1 Å². The molecule has 0 atom stereocenters. The zero-order chi connectivity index (χ0) is 13.1. The molecule has 0 bridgehead atoms. The van der Waals surface area contributed by atoms with E-state index in [-0.39, 0.29) is 11.0 Å². The lowest BCUT2D eigenvalue weighted by Crippen LogP contribution is -2.13. The molecule has 0 spiro atoms. The van der Waals surface area contributed by atoms with Gasteiger partial charge in [0.2, 0.25) is 0 Å². The molecule has 94 valence electrons. The van der Waals surface area contributed by atoms with Crippen LogP contribution in [-0.4, -0.2) is 17.6 Å². The van der Waals surface area contributed by atoms with Crippen LogP contribution >= 0.6 is 0 Å². The van der Waals surface area contributed by atoms with Crippen LogP contribution in [0.15, 0.2) is 18.2 Å². The summed E-state index contributed by atoms with van der Waals surface area (Å²) in [6.07, 6.45) is 0.951. The van der Waals surface area contributed by atoms with E-state index in [9.17, 15) is 9.18 Å². The maximum atomic E-state index is 13.1. The Balaban J connectivity index is 2.67. The van der Waals surface area contributed by atoms with Crippen LogP contribution in [0.2, 0.25) is 0 Å². The van der Waals surface area contributed by atoms with Crippen molar-refractivity contribution in [1.82, 2.24) is 0 Å². The zero-order valence-electron chi connectivity index (χ0n) is 10.4. The number of anilines is 1. The minimum atomic E-state index is -1.25. The van der Waals surface area contributed by atoms with Crippen molar-refractivity contribution >= 4 is 11.7 Å². The van der Waals surface area contributed by atoms with Crippen molar-refractivity contribution < 1.29 is 14.3 Å². The topological polar surface area (TPSA) is 49.3 Å². The number of halogens is 1. The number of hydrogen-bond acceptors (Lipinski definition) is 2. The SMILES string of the molecule is CC(C)(C)CCNc1ccc(F)c(C(=O)O)c1. The first-order chi connectivity index (χ1) is 7.79. The van der Waals surface area contributed by atoms with Crippen LogP contribution in [0.3, 0.4) is 0 Å². The molecule has 1 rings (SSSR count). The van der Waals surface area contributed by atoms with Gasteiger partial charge in [0.25, 0.3) is 0 Å². The van der Waals surface area contributed by atoms with Crippen LogP contribution in [0.1, 0.15) is 37.6 Å². The Morgan fingerprint density at radius 1 is 1.41 bits per heavy atom. The first-order valence-corrected chi connectivity index (χ1v) is 5.56. The number of aromatic carboxylic acids is 1. The molecule has 0 amide bonds. The van der Waals surface area contributed by atoms with Gasteiger partial charge in [-0.2, -0.15) is 0 Å². The largest absolute Gasteiger partial charge is 0.478 e. The van der Waals surface area contributed by atoms with Gasteiger partial charge >= 0.3 is 5.97 Å². The number of hydrogen-bond donors (Lipinski definition) is 2. The van der Waals surface area contributed by atoms with Gasteiger partial charge in [-0.3, -0.25) is 0 Å². The van der Waals surface area contributed by atoms with Crippen LogP contribution < -0.4 is 5.32 Å².